The molecule has 0 bridgehead atoms. The Bertz CT molecular complexity index is 1660. The van der Waals surface area contributed by atoms with Gasteiger partial charge in [0.2, 0.25) is 0 Å². The molecule has 83 heavy (non-hydrogen) atoms. The van der Waals surface area contributed by atoms with E-state index < -0.39 is 97.5 Å². The van der Waals surface area contributed by atoms with Crippen molar-refractivity contribution < 1.29 is 80.2 Å². The molecule has 0 rings (SSSR count). The second-order valence-electron chi connectivity index (χ2n) is 24.8. The highest BCUT2D eigenvalue weighted by Gasteiger charge is 2.30. The largest absolute Gasteiger partial charge is 0.472 e. The summed E-state index contributed by atoms with van der Waals surface area (Å²) in [5, 5.41) is 10.5. The summed E-state index contributed by atoms with van der Waals surface area (Å²) in [5.41, 5.74) is 0. The van der Waals surface area contributed by atoms with Gasteiger partial charge in [-0.25, -0.2) is 9.13 Å². The van der Waals surface area contributed by atoms with Crippen LogP contribution >= 0.6 is 15.6 Å². The Morgan fingerprint density at radius 1 is 0.337 bits per heavy atom. The van der Waals surface area contributed by atoms with Gasteiger partial charge in [0.25, 0.3) is 0 Å². The molecule has 6 atom stereocenters. The van der Waals surface area contributed by atoms with Gasteiger partial charge in [0, 0.05) is 25.7 Å². The summed E-state index contributed by atoms with van der Waals surface area (Å²) in [4.78, 5) is 72.2. The molecule has 492 valence electrons. The number of aliphatic hydroxyl groups excluding tert-OH is 1. The fraction of sp³-hybridized carbons (Fsp3) is 0.938. The van der Waals surface area contributed by atoms with E-state index in [2.05, 4.69) is 55.4 Å². The van der Waals surface area contributed by atoms with Crippen LogP contribution in [0.4, 0.5) is 0 Å². The maximum absolute atomic E-state index is 13.0. The second kappa shape index (κ2) is 54.2. The van der Waals surface area contributed by atoms with Gasteiger partial charge in [-0.3, -0.25) is 37.3 Å². The van der Waals surface area contributed by atoms with Crippen molar-refractivity contribution in [3.05, 3.63) is 0 Å². The number of phosphoric ester groups is 2. The first-order valence-electron chi connectivity index (χ1n) is 33.2. The van der Waals surface area contributed by atoms with Crippen molar-refractivity contribution in [3.8, 4) is 0 Å². The van der Waals surface area contributed by atoms with Crippen LogP contribution in [0.2, 0.25) is 0 Å². The number of unbranched alkanes of at least 4 members (excludes halogenated alkanes) is 26. The van der Waals surface area contributed by atoms with E-state index in [4.69, 9.17) is 37.0 Å². The van der Waals surface area contributed by atoms with E-state index >= 15 is 0 Å². The van der Waals surface area contributed by atoms with Crippen LogP contribution in [0.25, 0.3) is 0 Å². The van der Waals surface area contributed by atoms with Crippen LogP contribution < -0.4 is 0 Å². The van der Waals surface area contributed by atoms with Crippen molar-refractivity contribution in [3.63, 3.8) is 0 Å². The first kappa shape index (κ1) is 81.1. The zero-order valence-corrected chi connectivity index (χ0v) is 55.6. The zero-order valence-electron chi connectivity index (χ0n) is 53.8. The van der Waals surface area contributed by atoms with E-state index in [0.29, 0.717) is 37.5 Å². The molecule has 0 saturated heterocycles. The third-order valence-electron chi connectivity index (χ3n) is 14.9. The molecule has 0 radical (unpaired) electrons. The third kappa shape index (κ3) is 57.6. The fourth-order valence-electron chi connectivity index (χ4n) is 9.40. The molecule has 0 spiro atoms. The van der Waals surface area contributed by atoms with Gasteiger partial charge in [-0.1, -0.05) is 254 Å². The van der Waals surface area contributed by atoms with E-state index in [0.717, 1.165) is 108 Å². The van der Waals surface area contributed by atoms with Gasteiger partial charge in [-0.2, -0.15) is 0 Å². The molecular formula is C64H124O17P2. The van der Waals surface area contributed by atoms with Crippen molar-refractivity contribution in [1.29, 1.82) is 0 Å². The standard InChI is InChI=1S/C64H124O17P2/c1-9-57(8)43-35-27-18-13-14-19-28-36-44-61(66)74-50-59(80-63(68)46-38-30-20-12-10-11-16-24-32-40-54(2)3)52-78-82(70,71)76-48-58(65)49-77-83(72,73)79-53-60(81-64(69)47-39-31-23-22-26-34-42-56(6)7)51-75-62(67)45-37-29-21-15-17-25-33-41-55(4)5/h54-60,65H,9-53H2,1-8H3,(H,70,71)(H,72,73)/t57?,58?,59-,60-/m1/s1. The molecule has 0 aliphatic heterocycles. The zero-order chi connectivity index (χ0) is 61.8. The van der Waals surface area contributed by atoms with Crippen molar-refractivity contribution in [1.82, 2.24) is 0 Å². The van der Waals surface area contributed by atoms with Gasteiger partial charge in [-0.15, -0.1) is 0 Å². The first-order valence-corrected chi connectivity index (χ1v) is 36.2. The lowest BCUT2D eigenvalue weighted by atomic mass is 9.99. The predicted octanol–water partition coefficient (Wildman–Crippen LogP) is 17.4. The third-order valence-corrected chi connectivity index (χ3v) is 16.8. The van der Waals surface area contributed by atoms with E-state index in [9.17, 15) is 43.2 Å². The Hall–Kier alpha value is -1.94. The number of aliphatic hydroxyl groups is 1. The van der Waals surface area contributed by atoms with Crippen molar-refractivity contribution in [2.45, 2.75) is 324 Å². The molecule has 0 saturated carbocycles. The number of hydrogen-bond donors (Lipinski definition) is 3. The lowest BCUT2D eigenvalue weighted by Gasteiger charge is -2.21. The number of hydrogen-bond acceptors (Lipinski definition) is 15. The van der Waals surface area contributed by atoms with E-state index in [-0.39, 0.29) is 25.7 Å². The van der Waals surface area contributed by atoms with Gasteiger partial charge in [0.1, 0.15) is 19.3 Å². The molecule has 17 nitrogen and oxygen atoms in total. The molecule has 0 aromatic carbocycles. The van der Waals surface area contributed by atoms with Gasteiger partial charge in [0.15, 0.2) is 12.2 Å². The van der Waals surface area contributed by atoms with Crippen molar-refractivity contribution in [2.75, 3.05) is 39.6 Å². The summed E-state index contributed by atoms with van der Waals surface area (Å²) in [6.07, 6.45) is 33.7. The Morgan fingerprint density at radius 3 is 0.855 bits per heavy atom. The maximum Gasteiger partial charge on any atom is 0.472 e. The average Bonchev–Trinajstić information content (AvgIpc) is 3.43. The summed E-state index contributed by atoms with van der Waals surface area (Å²) >= 11 is 0. The molecule has 0 aromatic heterocycles. The quantitative estimate of drug-likeness (QED) is 0.0222. The van der Waals surface area contributed by atoms with Crippen LogP contribution in [0.1, 0.15) is 306 Å². The van der Waals surface area contributed by atoms with Crippen molar-refractivity contribution in [2.24, 2.45) is 23.7 Å². The Kier molecular flexibility index (Phi) is 53.0. The Balaban J connectivity index is 5.25. The topological polar surface area (TPSA) is 237 Å². The highest BCUT2D eigenvalue weighted by molar-refractivity contribution is 7.47. The van der Waals surface area contributed by atoms with Gasteiger partial charge >= 0.3 is 39.5 Å². The molecule has 0 aliphatic carbocycles. The molecular weight excluding hydrogens is 1100 g/mol. The van der Waals surface area contributed by atoms with Gasteiger partial charge < -0.3 is 33.8 Å². The molecule has 3 N–H and O–H groups in total. The highest BCUT2D eigenvalue weighted by Crippen LogP contribution is 2.45. The Labute approximate surface area is 505 Å². The predicted molar refractivity (Wildman–Crippen MR) is 331 cm³/mol. The molecule has 0 aliphatic rings. The number of carbonyl (C=O) groups is 4. The molecule has 19 heteroatoms. The van der Waals surface area contributed by atoms with Gasteiger partial charge in [-0.05, 0) is 49.4 Å². The smallest absolute Gasteiger partial charge is 0.462 e. The number of carbonyl (C=O) groups excluding carboxylic acids is 4. The summed E-state index contributed by atoms with van der Waals surface area (Å²) in [7, 11) is -9.89. The molecule has 0 amide bonds. The highest BCUT2D eigenvalue weighted by atomic mass is 31.2. The number of esters is 4. The molecule has 4 unspecified atom stereocenters. The summed E-state index contributed by atoms with van der Waals surface area (Å²) in [6.45, 7) is 13.9. The van der Waals surface area contributed by atoms with Crippen LogP contribution in [0.3, 0.4) is 0 Å². The first-order chi connectivity index (χ1) is 39.6. The van der Waals surface area contributed by atoms with Crippen LogP contribution in [0.15, 0.2) is 0 Å². The maximum atomic E-state index is 13.0. The van der Waals surface area contributed by atoms with Crippen LogP contribution in [-0.2, 0) is 65.4 Å². The van der Waals surface area contributed by atoms with E-state index in [1.54, 1.807) is 0 Å². The minimum Gasteiger partial charge on any atom is -0.462 e. The number of rotatable bonds is 61. The number of ether oxygens (including phenoxy) is 4. The van der Waals surface area contributed by atoms with E-state index in [1.807, 2.05) is 0 Å². The molecule has 0 fully saturated rings. The van der Waals surface area contributed by atoms with Crippen LogP contribution in [0.5, 0.6) is 0 Å². The Morgan fingerprint density at radius 2 is 0.578 bits per heavy atom. The second-order valence-corrected chi connectivity index (χ2v) is 27.7. The van der Waals surface area contributed by atoms with Crippen LogP contribution in [0, 0.1) is 23.7 Å². The minimum atomic E-state index is -4.95. The van der Waals surface area contributed by atoms with Gasteiger partial charge in [0.05, 0.1) is 26.4 Å². The molecule has 0 aromatic rings. The summed E-state index contributed by atoms with van der Waals surface area (Å²) < 4.78 is 68.0. The van der Waals surface area contributed by atoms with Crippen molar-refractivity contribution >= 4 is 39.5 Å². The number of phosphoric acid groups is 2. The average molecular weight is 1230 g/mol. The fourth-order valence-corrected chi connectivity index (χ4v) is 11.0. The monoisotopic (exact) mass is 1230 g/mol. The van der Waals surface area contributed by atoms with E-state index in [1.165, 1.54) is 103 Å². The minimum absolute atomic E-state index is 0.101. The summed E-state index contributed by atoms with van der Waals surface area (Å²) in [6, 6.07) is 0. The normalized spacial score (nSPS) is 14.8. The summed E-state index contributed by atoms with van der Waals surface area (Å²) in [5.74, 6) is 0.745. The SMILES string of the molecule is CCC(C)CCCCCCCCCCC(=O)OC[C@H](COP(=O)(O)OCC(O)COP(=O)(O)OC[C@@H](COC(=O)CCCCCCCCCC(C)C)OC(=O)CCCCCCCCC(C)C)OC(=O)CCCCCCCCCCCC(C)C. The van der Waals surface area contributed by atoms with Crippen LogP contribution in [-0.4, -0.2) is 96.7 Å². The lowest BCUT2D eigenvalue weighted by Crippen LogP contribution is -2.30. The molecule has 0 heterocycles. The lowest BCUT2D eigenvalue weighted by molar-refractivity contribution is -0.161.